The van der Waals surface area contributed by atoms with Crippen molar-refractivity contribution in [1.29, 1.82) is 0 Å². The average Bonchev–Trinajstić information content (AvgIpc) is 3.14. The van der Waals surface area contributed by atoms with Crippen molar-refractivity contribution >= 4 is 28.4 Å². The van der Waals surface area contributed by atoms with E-state index in [1.165, 1.54) is 6.92 Å². The van der Waals surface area contributed by atoms with E-state index in [2.05, 4.69) is 5.32 Å². The van der Waals surface area contributed by atoms with Crippen molar-refractivity contribution in [2.45, 2.75) is 12.8 Å². The zero-order valence-electron chi connectivity index (χ0n) is 16.1. The van der Waals surface area contributed by atoms with E-state index in [0.717, 1.165) is 33.6 Å². The van der Waals surface area contributed by atoms with Gasteiger partial charge in [0.25, 0.3) is 5.91 Å². The minimum atomic E-state index is -1.57. The van der Waals surface area contributed by atoms with Gasteiger partial charge in [0.05, 0.1) is 17.6 Å². The van der Waals surface area contributed by atoms with Gasteiger partial charge in [-0.05, 0) is 35.4 Å². The number of anilines is 1. The lowest BCUT2D eigenvalue weighted by atomic mass is 9.84. The molecule has 0 saturated heterocycles. The standard InChI is InChI=1S/C22H16F3N3O2/c1-10(29)28-9-16-20(22(28)30)18(11-6-13(23)21(25)14(24)7-11)12-8-27(2)17-5-3-4-15(26-16)19(12)17/h3-8,18,26H,9H2,1-2H3/t18-/m1/s1. The van der Waals surface area contributed by atoms with Crippen LogP contribution in [0.25, 0.3) is 10.9 Å². The molecule has 5 nitrogen and oxygen atoms in total. The number of amides is 2. The predicted molar refractivity (Wildman–Crippen MR) is 104 cm³/mol. The number of imide groups is 1. The summed E-state index contributed by atoms with van der Waals surface area (Å²) in [6, 6.07) is 7.40. The van der Waals surface area contributed by atoms with E-state index in [0.29, 0.717) is 11.3 Å². The topological polar surface area (TPSA) is 54.3 Å². The second-order valence-corrected chi connectivity index (χ2v) is 7.55. The molecule has 0 bridgehead atoms. The summed E-state index contributed by atoms with van der Waals surface area (Å²) in [5, 5.41) is 4.04. The molecular formula is C22H16F3N3O2. The van der Waals surface area contributed by atoms with Crippen LogP contribution in [0.2, 0.25) is 0 Å². The number of nitrogens with zero attached hydrogens (tertiary/aromatic N) is 2. The van der Waals surface area contributed by atoms with Gasteiger partial charge in [0.2, 0.25) is 5.91 Å². The molecule has 0 radical (unpaired) electrons. The van der Waals surface area contributed by atoms with Gasteiger partial charge in [-0.15, -0.1) is 0 Å². The third-order valence-electron chi connectivity index (χ3n) is 5.77. The van der Waals surface area contributed by atoms with E-state index in [9.17, 15) is 22.8 Å². The number of nitrogens with one attached hydrogen (secondary N) is 1. The minimum absolute atomic E-state index is 0.0267. The number of carbonyl (C=O) groups excluding carboxylic acids is 2. The highest BCUT2D eigenvalue weighted by Crippen LogP contribution is 2.46. The van der Waals surface area contributed by atoms with Crippen LogP contribution in [0.4, 0.5) is 18.9 Å². The number of aromatic nitrogens is 1. The summed E-state index contributed by atoms with van der Waals surface area (Å²) < 4.78 is 43.8. The van der Waals surface area contributed by atoms with Crippen LogP contribution in [0.15, 0.2) is 47.8 Å². The van der Waals surface area contributed by atoms with Gasteiger partial charge in [0.1, 0.15) is 0 Å². The molecule has 152 valence electrons. The molecule has 2 aromatic carbocycles. The summed E-state index contributed by atoms with van der Waals surface area (Å²) in [4.78, 5) is 26.2. The van der Waals surface area contributed by atoms with E-state index in [4.69, 9.17) is 0 Å². The van der Waals surface area contributed by atoms with Crippen LogP contribution in [0.1, 0.15) is 24.0 Å². The molecule has 0 saturated carbocycles. The molecule has 5 rings (SSSR count). The van der Waals surface area contributed by atoms with Gasteiger partial charge in [-0.1, -0.05) is 6.07 Å². The maximum atomic E-state index is 14.1. The van der Waals surface area contributed by atoms with Crippen molar-refractivity contribution in [3.05, 3.63) is 76.4 Å². The van der Waals surface area contributed by atoms with Gasteiger partial charge in [-0.2, -0.15) is 0 Å². The van der Waals surface area contributed by atoms with E-state index in [1.54, 1.807) is 6.20 Å². The van der Waals surface area contributed by atoms with Crippen LogP contribution in [-0.4, -0.2) is 27.8 Å². The first-order valence-electron chi connectivity index (χ1n) is 9.32. The monoisotopic (exact) mass is 411 g/mol. The molecule has 0 fully saturated rings. The maximum Gasteiger partial charge on any atom is 0.259 e. The Hall–Kier alpha value is -3.55. The van der Waals surface area contributed by atoms with Crippen molar-refractivity contribution in [1.82, 2.24) is 9.47 Å². The fourth-order valence-corrected chi connectivity index (χ4v) is 4.46. The number of aryl methyl sites for hydroxylation is 1. The van der Waals surface area contributed by atoms with Crippen molar-refractivity contribution in [3.63, 3.8) is 0 Å². The Kier molecular flexibility index (Phi) is 3.83. The molecule has 2 aliphatic heterocycles. The molecule has 1 atom stereocenters. The number of benzene rings is 2. The maximum absolute atomic E-state index is 14.1. The first kappa shape index (κ1) is 18.5. The van der Waals surface area contributed by atoms with Crippen LogP contribution in [0.5, 0.6) is 0 Å². The highest BCUT2D eigenvalue weighted by molar-refractivity contribution is 6.11. The third-order valence-corrected chi connectivity index (χ3v) is 5.77. The lowest BCUT2D eigenvalue weighted by molar-refractivity contribution is -0.139. The van der Waals surface area contributed by atoms with Gasteiger partial charge >= 0.3 is 0 Å². The Labute approximate surface area is 169 Å². The van der Waals surface area contributed by atoms with Crippen molar-refractivity contribution in [2.24, 2.45) is 7.05 Å². The van der Waals surface area contributed by atoms with Crippen LogP contribution in [0, 0.1) is 17.5 Å². The highest BCUT2D eigenvalue weighted by atomic mass is 19.2. The van der Waals surface area contributed by atoms with Crippen LogP contribution >= 0.6 is 0 Å². The van der Waals surface area contributed by atoms with Crippen LogP contribution in [-0.2, 0) is 16.6 Å². The summed E-state index contributed by atoms with van der Waals surface area (Å²) in [5.41, 5.74) is 3.03. The summed E-state index contributed by atoms with van der Waals surface area (Å²) in [7, 11) is 1.83. The lowest BCUT2D eigenvalue weighted by Gasteiger charge is -2.19. The van der Waals surface area contributed by atoms with Crippen molar-refractivity contribution in [3.8, 4) is 0 Å². The van der Waals surface area contributed by atoms with E-state index in [-0.39, 0.29) is 17.7 Å². The molecular weight excluding hydrogens is 395 g/mol. The van der Waals surface area contributed by atoms with E-state index in [1.807, 2.05) is 29.8 Å². The second kappa shape index (κ2) is 6.22. The molecule has 30 heavy (non-hydrogen) atoms. The summed E-state index contributed by atoms with van der Waals surface area (Å²) in [6.45, 7) is 1.31. The average molecular weight is 411 g/mol. The Balaban J connectivity index is 1.84. The zero-order valence-corrected chi connectivity index (χ0v) is 16.1. The molecule has 1 N–H and O–H groups in total. The molecule has 2 aliphatic rings. The number of hydrogen-bond donors (Lipinski definition) is 1. The minimum Gasteiger partial charge on any atom is -0.356 e. The molecule has 0 aliphatic carbocycles. The Morgan fingerprint density at radius 1 is 1.17 bits per heavy atom. The molecule has 3 aromatic rings. The first-order valence-corrected chi connectivity index (χ1v) is 9.32. The zero-order chi connectivity index (χ0) is 21.3. The SMILES string of the molecule is CC(=O)N1CC2=C(C1=O)[C@H](c1cc(F)c(F)c(F)c1)c1cn(C)c3cccc(c13)N2. The quantitative estimate of drug-likeness (QED) is 0.620. The smallest absolute Gasteiger partial charge is 0.259 e. The lowest BCUT2D eigenvalue weighted by Crippen LogP contribution is -2.33. The number of carbonyl (C=O) groups is 2. The van der Waals surface area contributed by atoms with Gasteiger partial charge in [-0.25, -0.2) is 13.2 Å². The van der Waals surface area contributed by atoms with Gasteiger partial charge < -0.3 is 9.88 Å². The number of hydrogen-bond acceptors (Lipinski definition) is 3. The van der Waals surface area contributed by atoms with Crippen LogP contribution < -0.4 is 5.32 Å². The summed E-state index contributed by atoms with van der Waals surface area (Å²) in [6.07, 6.45) is 1.79. The largest absolute Gasteiger partial charge is 0.356 e. The van der Waals surface area contributed by atoms with Crippen molar-refractivity contribution in [2.75, 3.05) is 11.9 Å². The molecule has 8 heteroatoms. The van der Waals surface area contributed by atoms with Crippen LogP contribution in [0.3, 0.4) is 0 Å². The number of rotatable bonds is 1. The van der Waals surface area contributed by atoms with Crippen molar-refractivity contribution < 1.29 is 22.8 Å². The predicted octanol–water partition coefficient (Wildman–Crippen LogP) is 3.80. The number of halogens is 3. The first-order chi connectivity index (χ1) is 14.3. The summed E-state index contributed by atoms with van der Waals surface area (Å²) >= 11 is 0. The Morgan fingerprint density at radius 2 is 1.87 bits per heavy atom. The third kappa shape index (κ3) is 2.43. The molecule has 2 amide bonds. The van der Waals surface area contributed by atoms with E-state index >= 15 is 0 Å². The second-order valence-electron chi connectivity index (χ2n) is 7.55. The molecule has 1 aromatic heterocycles. The molecule has 3 heterocycles. The van der Waals surface area contributed by atoms with E-state index < -0.39 is 35.2 Å². The highest BCUT2D eigenvalue weighted by Gasteiger charge is 2.42. The summed E-state index contributed by atoms with van der Waals surface area (Å²) in [5.74, 6) is -6.08. The normalized spacial score (nSPS) is 18.0. The molecule has 0 spiro atoms. The molecule has 0 unspecified atom stereocenters. The van der Waals surface area contributed by atoms with Gasteiger partial charge in [-0.3, -0.25) is 14.5 Å². The fourth-order valence-electron chi connectivity index (χ4n) is 4.46. The fraction of sp³-hybridized carbons (Fsp3) is 0.182. The van der Waals surface area contributed by atoms with Gasteiger partial charge in [0.15, 0.2) is 17.5 Å². The Morgan fingerprint density at radius 3 is 2.53 bits per heavy atom. The van der Waals surface area contributed by atoms with Gasteiger partial charge in [0, 0.05) is 42.9 Å². The Bertz CT molecular complexity index is 1290.